The van der Waals surface area contributed by atoms with Crippen LogP contribution in [-0.4, -0.2) is 27.0 Å². The predicted molar refractivity (Wildman–Crippen MR) is 48.6 cm³/mol. The Labute approximate surface area is 70.9 Å². The highest BCUT2D eigenvalue weighted by Gasteiger charge is 2.27. The first-order valence-corrected chi connectivity index (χ1v) is 4.14. The Morgan fingerprint density at radius 3 is 2.45 bits per heavy atom. The lowest BCUT2D eigenvalue weighted by atomic mass is 9.69. The van der Waals surface area contributed by atoms with Gasteiger partial charge in [-0.2, -0.15) is 0 Å². The van der Waals surface area contributed by atoms with Crippen molar-refractivity contribution < 1.29 is 4.74 Å². The number of hydrogen-bond donors (Lipinski definition) is 1. The van der Waals surface area contributed by atoms with Gasteiger partial charge in [0.2, 0.25) is 0 Å². The molecule has 0 rings (SSSR count). The van der Waals surface area contributed by atoms with Gasteiger partial charge in [-0.3, -0.25) is 0 Å². The molecule has 0 aromatic heterocycles. The molecule has 0 heterocycles. The maximum Gasteiger partial charge on any atom is 0.114 e. The summed E-state index contributed by atoms with van der Waals surface area (Å²) in [6.07, 6.45) is 1.74. The van der Waals surface area contributed by atoms with Crippen LogP contribution in [0.25, 0.3) is 0 Å². The predicted octanol–water partition coefficient (Wildman–Crippen LogP) is 0.892. The van der Waals surface area contributed by atoms with E-state index in [2.05, 4.69) is 13.8 Å². The van der Waals surface area contributed by atoms with Crippen LogP contribution in [0.2, 0.25) is 0 Å². The third-order valence-electron chi connectivity index (χ3n) is 2.36. The monoisotopic (exact) mass is 155 g/mol. The zero-order valence-corrected chi connectivity index (χ0v) is 7.76. The second kappa shape index (κ2) is 4.78. The average Bonchev–Trinajstić information content (AvgIpc) is 2.03. The Hall–Kier alpha value is -0.0151. The van der Waals surface area contributed by atoms with Crippen molar-refractivity contribution in [3.05, 3.63) is 0 Å². The molecule has 64 valence electrons. The Bertz CT molecular complexity index is 110. The molecule has 0 aliphatic carbocycles. The van der Waals surface area contributed by atoms with Gasteiger partial charge in [0.1, 0.15) is 7.85 Å². The molecular weight excluding hydrogens is 137 g/mol. The van der Waals surface area contributed by atoms with Crippen molar-refractivity contribution in [2.45, 2.75) is 32.2 Å². The minimum atomic E-state index is -0.524. The summed E-state index contributed by atoms with van der Waals surface area (Å²) in [5, 5.41) is 0. The van der Waals surface area contributed by atoms with E-state index < -0.39 is 5.50 Å². The van der Waals surface area contributed by atoms with Crippen LogP contribution in [0.4, 0.5) is 0 Å². The lowest BCUT2D eigenvalue weighted by Crippen LogP contribution is -2.41. The van der Waals surface area contributed by atoms with Gasteiger partial charge in [0.15, 0.2) is 0 Å². The first-order chi connectivity index (χ1) is 5.10. The van der Waals surface area contributed by atoms with Crippen molar-refractivity contribution in [1.82, 2.24) is 0 Å². The third-order valence-corrected chi connectivity index (χ3v) is 2.36. The van der Waals surface area contributed by atoms with Gasteiger partial charge in [0.05, 0.1) is 0 Å². The van der Waals surface area contributed by atoms with Gasteiger partial charge in [-0.05, 0) is 18.9 Å². The van der Waals surface area contributed by atoms with Crippen LogP contribution in [0.15, 0.2) is 0 Å². The molecule has 0 aliphatic heterocycles. The van der Waals surface area contributed by atoms with E-state index in [1.807, 2.05) is 0 Å². The molecule has 2 atom stereocenters. The molecule has 2 N–H and O–H groups in total. The minimum absolute atomic E-state index is 0.357. The van der Waals surface area contributed by atoms with Crippen molar-refractivity contribution >= 4 is 7.85 Å². The zero-order chi connectivity index (χ0) is 8.91. The molecule has 11 heavy (non-hydrogen) atoms. The molecule has 0 aliphatic rings. The standard InChI is InChI=1S/C8H18BNO/c1-4-7(2)8(9,11-3)5-6-10/h7H,4-6,10H2,1-3H3. The Morgan fingerprint density at radius 2 is 2.18 bits per heavy atom. The molecule has 3 heteroatoms. The van der Waals surface area contributed by atoms with Crippen LogP contribution < -0.4 is 5.73 Å². The molecule has 0 aromatic carbocycles. The summed E-state index contributed by atoms with van der Waals surface area (Å²) in [7, 11) is 7.60. The fraction of sp³-hybridized carbons (Fsp3) is 1.00. The number of hydrogen-bond acceptors (Lipinski definition) is 2. The fourth-order valence-corrected chi connectivity index (χ4v) is 1.12. The van der Waals surface area contributed by atoms with Gasteiger partial charge >= 0.3 is 0 Å². The van der Waals surface area contributed by atoms with E-state index in [0.717, 1.165) is 12.8 Å². The zero-order valence-electron chi connectivity index (χ0n) is 7.76. The normalized spacial score (nSPS) is 19.3. The summed E-state index contributed by atoms with van der Waals surface area (Å²) in [5.74, 6) is 0.357. The average molecular weight is 155 g/mol. The van der Waals surface area contributed by atoms with E-state index >= 15 is 0 Å². The van der Waals surface area contributed by atoms with Gasteiger partial charge in [-0.15, -0.1) is 0 Å². The minimum Gasteiger partial charge on any atom is -0.388 e. The number of ether oxygens (including phenoxy) is 1. The molecule has 2 unspecified atom stereocenters. The van der Waals surface area contributed by atoms with Crippen LogP contribution >= 0.6 is 0 Å². The molecule has 2 radical (unpaired) electrons. The highest BCUT2D eigenvalue weighted by atomic mass is 16.5. The van der Waals surface area contributed by atoms with Crippen LogP contribution in [0, 0.1) is 5.92 Å². The number of methoxy groups -OCH3 is 1. The Balaban J connectivity index is 4.07. The van der Waals surface area contributed by atoms with Gasteiger partial charge in [-0.25, -0.2) is 0 Å². The quantitative estimate of drug-likeness (QED) is 0.598. The lowest BCUT2D eigenvalue weighted by Gasteiger charge is -2.34. The van der Waals surface area contributed by atoms with E-state index in [4.69, 9.17) is 18.3 Å². The SMILES string of the molecule is [B]C(CCN)(OC)C(C)CC. The summed E-state index contributed by atoms with van der Waals surface area (Å²) in [6, 6.07) is 0. The Morgan fingerprint density at radius 1 is 1.64 bits per heavy atom. The topological polar surface area (TPSA) is 35.2 Å². The molecule has 0 fully saturated rings. The van der Waals surface area contributed by atoms with Crippen molar-refractivity contribution in [2.24, 2.45) is 11.7 Å². The second-order valence-corrected chi connectivity index (χ2v) is 3.01. The van der Waals surface area contributed by atoms with Crippen LogP contribution in [-0.2, 0) is 4.74 Å². The van der Waals surface area contributed by atoms with E-state index in [0.29, 0.717) is 12.5 Å². The number of nitrogens with two attached hydrogens (primary N) is 1. The maximum atomic E-state index is 5.96. The van der Waals surface area contributed by atoms with Crippen LogP contribution in [0.3, 0.4) is 0 Å². The second-order valence-electron chi connectivity index (χ2n) is 3.01. The van der Waals surface area contributed by atoms with Crippen molar-refractivity contribution in [1.29, 1.82) is 0 Å². The molecule has 0 amide bonds. The van der Waals surface area contributed by atoms with Gasteiger partial charge in [0, 0.05) is 12.6 Å². The van der Waals surface area contributed by atoms with Crippen LogP contribution in [0.5, 0.6) is 0 Å². The lowest BCUT2D eigenvalue weighted by molar-refractivity contribution is 0.0124. The van der Waals surface area contributed by atoms with Crippen molar-refractivity contribution in [3.8, 4) is 0 Å². The first kappa shape index (κ1) is 11.0. The summed E-state index contributed by atoms with van der Waals surface area (Å²) >= 11 is 0. The molecule has 0 saturated carbocycles. The third kappa shape index (κ3) is 2.84. The van der Waals surface area contributed by atoms with E-state index in [-0.39, 0.29) is 0 Å². The molecule has 0 spiro atoms. The summed E-state index contributed by atoms with van der Waals surface area (Å²) in [4.78, 5) is 0. The highest BCUT2D eigenvalue weighted by Crippen LogP contribution is 2.23. The van der Waals surface area contributed by atoms with Gasteiger partial charge in [-0.1, -0.05) is 20.3 Å². The van der Waals surface area contributed by atoms with E-state index in [1.54, 1.807) is 7.11 Å². The molecule has 0 saturated heterocycles. The highest BCUT2D eigenvalue weighted by molar-refractivity contribution is 6.14. The fourth-order valence-electron chi connectivity index (χ4n) is 1.12. The molecule has 2 nitrogen and oxygen atoms in total. The number of rotatable bonds is 5. The molecule has 0 bridgehead atoms. The van der Waals surface area contributed by atoms with Gasteiger partial charge < -0.3 is 10.5 Å². The molecule has 0 aromatic rings. The van der Waals surface area contributed by atoms with Crippen molar-refractivity contribution in [2.75, 3.05) is 13.7 Å². The summed E-state index contributed by atoms with van der Waals surface area (Å²) in [6.45, 7) is 4.76. The largest absolute Gasteiger partial charge is 0.388 e. The summed E-state index contributed by atoms with van der Waals surface area (Å²) in [5.41, 5.74) is 4.90. The molecular formula is C8H18BNO. The Kier molecular flexibility index (Phi) is 4.77. The van der Waals surface area contributed by atoms with Crippen molar-refractivity contribution in [3.63, 3.8) is 0 Å². The smallest absolute Gasteiger partial charge is 0.114 e. The van der Waals surface area contributed by atoms with Gasteiger partial charge in [0.25, 0.3) is 0 Å². The van der Waals surface area contributed by atoms with E-state index in [9.17, 15) is 0 Å². The van der Waals surface area contributed by atoms with Crippen LogP contribution in [0.1, 0.15) is 26.7 Å². The van der Waals surface area contributed by atoms with E-state index in [1.165, 1.54) is 0 Å². The first-order valence-electron chi connectivity index (χ1n) is 4.14. The maximum absolute atomic E-state index is 5.96. The summed E-state index contributed by atoms with van der Waals surface area (Å²) < 4.78 is 5.23.